The Morgan fingerprint density at radius 2 is 1.90 bits per heavy atom. The second-order valence-electron chi connectivity index (χ2n) is 10.4. The molecule has 0 atom stereocenters. The highest BCUT2D eigenvalue weighted by molar-refractivity contribution is 7.92. The number of hydrogen-bond acceptors (Lipinski definition) is 11. The van der Waals surface area contributed by atoms with E-state index in [1.54, 1.807) is 6.07 Å². The van der Waals surface area contributed by atoms with Gasteiger partial charge in [0.1, 0.15) is 11.9 Å². The molecule has 13 heteroatoms. The van der Waals surface area contributed by atoms with Gasteiger partial charge in [0.15, 0.2) is 0 Å². The first-order valence-corrected chi connectivity index (χ1v) is 15.4. The van der Waals surface area contributed by atoms with E-state index < -0.39 is 10.0 Å². The number of fused-ring (bicyclic) bond motifs is 2. The molecule has 2 fully saturated rings. The van der Waals surface area contributed by atoms with Gasteiger partial charge in [-0.1, -0.05) is 0 Å². The summed E-state index contributed by atoms with van der Waals surface area (Å²) >= 11 is 0. The van der Waals surface area contributed by atoms with Crippen LogP contribution < -0.4 is 25.0 Å². The predicted octanol–water partition coefficient (Wildman–Crippen LogP) is 2.08. The first-order chi connectivity index (χ1) is 18.9. The van der Waals surface area contributed by atoms with E-state index in [2.05, 4.69) is 30.2 Å². The van der Waals surface area contributed by atoms with Crippen molar-refractivity contribution in [2.75, 3.05) is 54.0 Å². The molecule has 1 saturated carbocycles. The van der Waals surface area contributed by atoms with Crippen LogP contribution >= 0.6 is 0 Å². The zero-order valence-corrected chi connectivity index (χ0v) is 22.8. The van der Waals surface area contributed by atoms with Crippen LogP contribution in [0.3, 0.4) is 0 Å². The Morgan fingerprint density at radius 1 is 1.08 bits per heavy atom. The Bertz CT molecular complexity index is 1440. The van der Waals surface area contributed by atoms with E-state index in [1.165, 1.54) is 11.8 Å². The van der Waals surface area contributed by atoms with E-state index in [9.17, 15) is 8.42 Å². The predicted molar refractivity (Wildman–Crippen MR) is 149 cm³/mol. The monoisotopic (exact) mass is 554 g/mol. The van der Waals surface area contributed by atoms with Crippen LogP contribution in [0.4, 0.5) is 17.5 Å². The van der Waals surface area contributed by atoms with Crippen molar-refractivity contribution in [2.24, 2.45) is 0 Å². The smallest absolute Gasteiger partial charge is 0.229 e. The van der Waals surface area contributed by atoms with E-state index in [-0.39, 0.29) is 12.1 Å². The third-order valence-corrected chi connectivity index (χ3v) is 7.97. The number of morpholine rings is 1. The fraction of sp³-hybridized carbons (Fsp3) is 0.538. The summed E-state index contributed by atoms with van der Waals surface area (Å²) in [7, 11) is -3.44. The maximum absolute atomic E-state index is 11.8. The topological polar surface area (TPSA) is 143 Å². The number of ether oxygens (including phenoxy) is 2. The molecule has 1 saturated heterocycles. The van der Waals surface area contributed by atoms with Crippen LogP contribution in [0.5, 0.6) is 5.88 Å². The van der Waals surface area contributed by atoms with Gasteiger partial charge in [0.25, 0.3) is 0 Å². The van der Waals surface area contributed by atoms with Crippen molar-refractivity contribution in [2.45, 2.75) is 50.8 Å². The van der Waals surface area contributed by atoms with Crippen molar-refractivity contribution < 1.29 is 17.9 Å². The third-order valence-electron chi connectivity index (χ3n) is 7.36. The lowest BCUT2D eigenvalue weighted by atomic mass is 9.93. The highest BCUT2D eigenvalue weighted by atomic mass is 32.2. The molecular weight excluding hydrogens is 520 g/mol. The molecule has 1 aliphatic carbocycles. The fourth-order valence-corrected chi connectivity index (χ4v) is 5.91. The number of anilines is 3. The van der Waals surface area contributed by atoms with Crippen molar-refractivity contribution in [3.8, 4) is 5.88 Å². The van der Waals surface area contributed by atoms with Crippen LogP contribution in [0.2, 0.25) is 0 Å². The second-order valence-corrected chi connectivity index (χ2v) is 12.1. The van der Waals surface area contributed by atoms with Crippen LogP contribution in [-0.2, 0) is 27.7 Å². The van der Waals surface area contributed by atoms with Gasteiger partial charge in [0.05, 0.1) is 48.0 Å². The molecule has 0 bridgehead atoms. The zero-order chi connectivity index (χ0) is 26.8. The second kappa shape index (κ2) is 11.1. The van der Waals surface area contributed by atoms with E-state index in [4.69, 9.17) is 19.4 Å². The van der Waals surface area contributed by atoms with Crippen molar-refractivity contribution in [1.29, 1.82) is 0 Å². The fourth-order valence-electron chi connectivity index (χ4n) is 5.37. The number of nitrogens with zero attached hydrogens (tertiary/aromatic N) is 5. The maximum Gasteiger partial charge on any atom is 0.229 e. The third kappa shape index (κ3) is 6.31. The van der Waals surface area contributed by atoms with Crippen molar-refractivity contribution in [3.05, 3.63) is 35.8 Å². The van der Waals surface area contributed by atoms with Gasteiger partial charge in [-0.25, -0.2) is 18.4 Å². The minimum absolute atomic E-state index is 0.0132. The lowest BCUT2D eigenvalue weighted by Gasteiger charge is -2.31. The molecule has 0 radical (unpaired) electrons. The summed E-state index contributed by atoms with van der Waals surface area (Å²) in [5, 5.41) is 7.55. The summed E-state index contributed by atoms with van der Waals surface area (Å²) in [6, 6.07) is 3.94. The van der Waals surface area contributed by atoms with Gasteiger partial charge < -0.3 is 25.0 Å². The molecule has 0 aromatic carbocycles. The molecule has 0 unspecified atom stereocenters. The first kappa shape index (κ1) is 26.0. The summed E-state index contributed by atoms with van der Waals surface area (Å²) in [5.74, 6) is 1.96. The lowest BCUT2D eigenvalue weighted by molar-refractivity contribution is 0.122. The first-order valence-electron chi connectivity index (χ1n) is 13.5. The maximum atomic E-state index is 11.8. The van der Waals surface area contributed by atoms with Gasteiger partial charge >= 0.3 is 0 Å². The van der Waals surface area contributed by atoms with Crippen LogP contribution in [0.15, 0.2) is 24.5 Å². The SMILES string of the molecule is CS(=O)(=O)Nc1cnc2cc(N3CCOCC3)nc(OC3CCC(Nc4ncc5c(n4)CCNC5)CC3)c2c1. The summed E-state index contributed by atoms with van der Waals surface area (Å²) in [5.41, 5.74) is 3.38. The molecule has 5 heterocycles. The Morgan fingerprint density at radius 3 is 2.69 bits per heavy atom. The molecule has 3 aromatic rings. The average molecular weight is 555 g/mol. The molecule has 2 aliphatic heterocycles. The molecule has 3 aliphatic rings. The number of pyridine rings is 2. The summed E-state index contributed by atoms with van der Waals surface area (Å²) in [4.78, 5) is 20.8. The Balaban J connectivity index is 1.18. The number of sulfonamides is 1. The molecule has 0 spiro atoms. The van der Waals surface area contributed by atoms with E-state index in [0.29, 0.717) is 41.6 Å². The Hall–Kier alpha value is -3.29. The number of hydrogen-bond donors (Lipinski definition) is 3. The molecule has 6 rings (SSSR count). The van der Waals surface area contributed by atoms with Crippen LogP contribution in [-0.4, -0.2) is 79.6 Å². The normalized spacial score (nSPS) is 21.8. The van der Waals surface area contributed by atoms with Gasteiger partial charge in [-0.2, -0.15) is 4.98 Å². The van der Waals surface area contributed by atoms with E-state index in [0.717, 1.165) is 76.1 Å². The number of aromatic nitrogens is 4. The van der Waals surface area contributed by atoms with Crippen LogP contribution in [0.1, 0.15) is 36.9 Å². The highest BCUT2D eigenvalue weighted by Crippen LogP contribution is 2.33. The van der Waals surface area contributed by atoms with Crippen molar-refractivity contribution in [1.82, 2.24) is 25.3 Å². The van der Waals surface area contributed by atoms with Crippen molar-refractivity contribution in [3.63, 3.8) is 0 Å². The van der Waals surface area contributed by atoms with Crippen molar-refractivity contribution >= 4 is 38.4 Å². The van der Waals surface area contributed by atoms with Gasteiger partial charge in [-0.05, 0) is 31.7 Å². The molecule has 0 amide bonds. The zero-order valence-electron chi connectivity index (χ0n) is 22.0. The standard InChI is InChI=1S/C26H34N8O4S/c1-39(35,36)33-19-12-21-23(28-16-19)13-24(34-8-10-37-11-9-34)32-25(21)38-20-4-2-18(3-5-20)30-26-29-15-17-14-27-7-6-22(17)31-26/h12-13,15-16,18,20,27,33H,2-11,14H2,1H3,(H,29,30,31). The van der Waals surface area contributed by atoms with Gasteiger partial charge in [0.2, 0.25) is 21.9 Å². The molecular formula is C26H34N8O4S. The quantitative estimate of drug-likeness (QED) is 0.395. The highest BCUT2D eigenvalue weighted by Gasteiger charge is 2.26. The van der Waals surface area contributed by atoms with Gasteiger partial charge in [-0.15, -0.1) is 0 Å². The Labute approximate surface area is 228 Å². The Kier molecular flexibility index (Phi) is 7.36. The molecule has 3 aromatic heterocycles. The number of rotatable bonds is 7. The molecule has 12 nitrogen and oxygen atoms in total. The number of nitrogens with one attached hydrogen (secondary N) is 3. The van der Waals surface area contributed by atoms with Crippen LogP contribution in [0.25, 0.3) is 10.9 Å². The average Bonchev–Trinajstić information content (AvgIpc) is 2.94. The lowest BCUT2D eigenvalue weighted by Crippen LogP contribution is -2.37. The minimum Gasteiger partial charge on any atom is -0.474 e. The minimum atomic E-state index is -3.44. The summed E-state index contributed by atoms with van der Waals surface area (Å²) in [6.07, 6.45) is 9.02. The summed E-state index contributed by atoms with van der Waals surface area (Å²) in [6.45, 7) is 4.54. The van der Waals surface area contributed by atoms with Gasteiger partial charge in [-0.3, -0.25) is 9.71 Å². The largest absolute Gasteiger partial charge is 0.474 e. The van der Waals surface area contributed by atoms with E-state index in [1.807, 2.05) is 12.3 Å². The molecule has 208 valence electrons. The summed E-state index contributed by atoms with van der Waals surface area (Å²) < 4.78 is 38.1. The molecule has 39 heavy (non-hydrogen) atoms. The van der Waals surface area contributed by atoms with Crippen LogP contribution in [0, 0.1) is 0 Å². The van der Waals surface area contributed by atoms with Gasteiger partial charge in [0, 0.05) is 56.5 Å². The molecule has 3 N–H and O–H groups in total. The van der Waals surface area contributed by atoms with E-state index >= 15 is 0 Å².